The number of nitrogens with one attached hydrogen (secondary N) is 3. The Morgan fingerprint density at radius 1 is 1.06 bits per heavy atom. The summed E-state index contributed by atoms with van der Waals surface area (Å²) in [7, 11) is 0. The summed E-state index contributed by atoms with van der Waals surface area (Å²) in [5.41, 5.74) is -2.32. The van der Waals surface area contributed by atoms with Crippen molar-refractivity contribution in [1.29, 1.82) is 0 Å². The molecule has 0 aliphatic carbocycles. The van der Waals surface area contributed by atoms with Gasteiger partial charge in [0.15, 0.2) is 6.61 Å². The van der Waals surface area contributed by atoms with Crippen molar-refractivity contribution in [3.05, 3.63) is 46.2 Å². The number of rotatable bonds is 7. The van der Waals surface area contributed by atoms with Gasteiger partial charge < -0.3 is 10.1 Å². The first-order valence-corrected chi connectivity index (χ1v) is 8.48. The lowest BCUT2D eigenvalue weighted by molar-refractivity contribution is -0.289. The van der Waals surface area contributed by atoms with Crippen molar-refractivity contribution in [2.24, 2.45) is 0 Å². The highest BCUT2D eigenvalue weighted by Crippen LogP contribution is 2.43. The third-order valence-corrected chi connectivity index (χ3v) is 3.76. The first kappa shape index (κ1) is 24.0. The normalized spacial score (nSPS) is 12.4. The molecule has 0 aliphatic rings. The number of hydrogen-bond donors (Lipinski definition) is 3. The Labute approximate surface area is 169 Å². The lowest BCUT2D eigenvalue weighted by Gasteiger charge is -2.20. The molecule has 31 heavy (non-hydrogen) atoms. The summed E-state index contributed by atoms with van der Waals surface area (Å²) in [6.07, 6.45) is -6.30. The summed E-state index contributed by atoms with van der Waals surface area (Å²) < 4.78 is 94.8. The van der Waals surface area contributed by atoms with E-state index < -0.39 is 60.0 Å². The Hall–Kier alpha value is -3.32. The Balaban J connectivity index is 2.05. The summed E-state index contributed by atoms with van der Waals surface area (Å²) in [6.45, 7) is 0.170. The van der Waals surface area contributed by atoms with E-state index in [0.29, 0.717) is 12.1 Å². The smallest absolute Gasteiger partial charge is 0.458 e. The topological polar surface area (TPSA) is 96.1 Å². The number of amides is 2. The molecule has 0 saturated heterocycles. The van der Waals surface area contributed by atoms with Crippen molar-refractivity contribution in [2.45, 2.75) is 31.4 Å². The molecule has 0 atom stereocenters. The molecule has 0 aliphatic heterocycles. The van der Waals surface area contributed by atoms with Gasteiger partial charge in [0, 0.05) is 17.7 Å². The number of aromatic nitrogens is 2. The van der Waals surface area contributed by atoms with Gasteiger partial charge in [-0.25, -0.2) is 13.6 Å². The van der Waals surface area contributed by atoms with Crippen molar-refractivity contribution in [1.82, 2.24) is 9.97 Å². The summed E-state index contributed by atoms with van der Waals surface area (Å²) in [5.74, 6) is -9.22. The molecule has 2 rings (SSSR count). The molecule has 0 unspecified atom stereocenters. The zero-order chi connectivity index (χ0) is 23.4. The van der Waals surface area contributed by atoms with Crippen LogP contribution in [0.15, 0.2) is 35.1 Å². The average Bonchev–Trinajstić information content (AvgIpc) is 2.65. The molecule has 0 bridgehead atoms. The Kier molecular flexibility index (Phi) is 6.81. The van der Waals surface area contributed by atoms with Crippen LogP contribution in [0.2, 0.25) is 0 Å². The monoisotopic (exact) mass is 456 g/mol. The lowest BCUT2D eigenvalue weighted by Crippen LogP contribution is -2.33. The van der Waals surface area contributed by atoms with E-state index in [2.05, 4.69) is 15.3 Å². The number of H-pyrrole nitrogens is 1. The van der Waals surface area contributed by atoms with Gasteiger partial charge in [0.2, 0.25) is 11.8 Å². The van der Waals surface area contributed by atoms with Crippen molar-refractivity contribution in [2.75, 3.05) is 17.2 Å². The minimum Gasteiger partial charge on any atom is -0.471 e. The zero-order valence-corrected chi connectivity index (χ0v) is 15.6. The van der Waals surface area contributed by atoms with Gasteiger partial charge in [-0.05, 0) is 12.1 Å². The number of hydrogen-bond acceptors (Lipinski definition) is 4. The molecule has 0 radical (unpaired) electrons. The molecule has 7 nitrogen and oxygen atoms in total. The van der Waals surface area contributed by atoms with Gasteiger partial charge in [-0.1, -0.05) is 19.1 Å². The van der Waals surface area contributed by atoms with Gasteiger partial charge in [-0.3, -0.25) is 15.1 Å². The van der Waals surface area contributed by atoms with Crippen LogP contribution in [0.25, 0.3) is 0 Å². The predicted octanol–water partition coefficient (Wildman–Crippen LogP) is 4.49. The average molecular weight is 456 g/mol. The van der Waals surface area contributed by atoms with Crippen LogP contribution < -0.4 is 20.9 Å². The first-order chi connectivity index (χ1) is 14.2. The highest BCUT2D eigenvalue weighted by atomic mass is 19.4. The number of aromatic amines is 1. The van der Waals surface area contributed by atoms with E-state index in [1.54, 1.807) is 0 Å². The molecular formula is C17H15F7N4O3. The Morgan fingerprint density at radius 3 is 2.23 bits per heavy atom. The van der Waals surface area contributed by atoms with Crippen molar-refractivity contribution in [3.63, 3.8) is 0 Å². The highest BCUT2D eigenvalue weighted by Gasteiger charge is 2.58. The maximum atomic E-state index is 13.3. The van der Waals surface area contributed by atoms with Gasteiger partial charge in [-0.15, -0.1) is 0 Å². The van der Waals surface area contributed by atoms with Crippen LogP contribution >= 0.6 is 0 Å². The third kappa shape index (κ3) is 6.33. The number of anilines is 2. The lowest BCUT2D eigenvalue weighted by atomic mass is 10.1. The molecule has 14 heteroatoms. The maximum Gasteiger partial charge on any atom is 0.458 e. The molecule has 0 spiro atoms. The Bertz CT molecular complexity index is 975. The highest BCUT2D eigenvalue weighted by molar-refractivity contribution is 5.98. The number of carbonyl (C=O) groups excluding carboxylic acids is 1. The third-order valence-electron chi connectivity index (χ3n) is 3.76. The maximum absolute atomic E-state index is 13.3. The second-order valence-corrected chi connectivity index (χ2v) is 6.16. The summed E-state index contributed by atoms with van der Waals surface area (Å²) >= 11 is 0. The molecule has 0 saturated carbocycles. The molecule has 3 N–H and O–H groups in total. The van der Waals surface area contributed by atoms with Crippen molar-refractivity contribution < 1.29 is 40.3 Å². The van der Waals surface area contributed by atoms with E-state index >= 15 is 0 Å². The number of halogens is 7. The van der Waals surface area contributed by atoms with Crippen molar-refractivity contribution in [3.8, 4) is 5.88 Å². The van der Waals surface area contributed by atoms with Gasteiger partial charge in [-0.2, -0.15) is 26.9 Å². The van der Waals surface area contributed by atoms with Gasteiger partial charge in [0.05, 0.1) is 6.07 Å². The molecule has 0 fully saturated rings. The van der Waals surface area contributed by atoms with Crippen LogP contribution in [-0.2, 0) is 5.92 Å². The van der Waals surface area contributed by atoms with Crippen LogP contribution in [0.3, 0.4) is 0 Å². The van der Waals surface area contributed by atoms with E-state index in [4.69, 9.17) is 4.74 Å². The molecule has 1 aromatic carbocycles. The SMILES string of the molecule is CCC(F)(F)COc1cc(=O)[nH]c(NC(=O)Nc2ccc(C(F)(F)C(F)(F)F)cc2)n1. The fourth-order valence-electron chi connectivity index (χ4n) is 2.05. The number of benzene rings is 1. The van der Waals surface area contributed by atoms with Crippen LogP contribution in [0.5, 0.6) is 5.88 Å². The van der Waals surface area contributed by atoms with E-state index in [-0.39, 0.29) is 5.69 Å². The van der Waals surface area contributed by atoms with Gasteiger partial charge in [0.25, 0.3) is 11.5 Å². The number of ether oxygens (including phenoxy) is 1. The quantitative estimate of drug-likeness (QED) is 0.535. The van der Waals surface area contributed by atoms with Crippen LogP contribution in [0.1, 0.15) is 18.9 Å². The fourth-order valence-corrected chi connectivity index (χ4v) is 2.05. The van der Waals surface area contributed by atoms with E-state index in [1.165, 1.54) is 6.92 Å². The van der Waals surface area contributed by atoms with E-state index in [1.807, 2.05) is 5.32 Å². The molecule has 1 heterocycles. The fraction of sp³-hybridized carbons (Fsp3) is 0.353. The standard InChI is InChI=1S/C17H15F7N4O3/c1-2-15(18,19)8-31-12-7-11(29)26-13(27-12)28-14(30)25-10-5-3-9(4-6-10)16(20,21)17(22,23)24/h3-7H,2,8H2,1H3,(H3,25,26,27,28,29,30). The van der Waals surface area contributed by atoms with Crippen LogP contribution in [-0.4, -0.2) is 34.7 Å². The summed E-state index contributed by atoms with van der Waals surface area (Å²) in [5, 5.41) is 4.15. The minimum atomic E-state index is -5.79. The van der Waals surface area contributed by atoms with Crippen molar-refractivity contribution >= 4 is 17.7 Å². The molecule has 2 aromatic rings. The van der Waals surface area contributed by atoms with E-state index in [9.17, 15) is 40.3 Å². The number of carbonyl (C=O) groups is 1. The largest absolute Gasteiger partial charge is 0.471 e. The van der Waals surface area contributed by atoms with Gasteiger partial charge >= 0.3 is 18.1 Å². The second-order valence-electron chi connectivity index (χ2n) is 6.16. The first-order valence-electron chi connectivity index (χ1n) is 8.48. The number of nitrogens with zero attached hydrogens (tertiary/aromatic N) is 1. The van der Waals surface area contributed by atoms with Crippen LogP contribution in [0.4, 0.5) is 47.2 Å². The molecule has 1 aromatic heterocycles. The number of urea groups is 1. The summed E-state index contributed by atoms with van der Waals surface area (Å²) in [4.78, 5) is 29.2. The summed E-state index contributed by atoms with van der Waals surface area (Å²) in [6, 6.07) is 2.27. The van der Waals surface area contributed by atoms with Gasteiger partial charge in [0.1, 0.15) is 0 Å². The van der Waals surface area contributed by atoms with E-state index in [0.717, 1.165) is 18.2 Å². The van der Waals surface area contributed by atoms with Crippen LogP contribution in [0, 0.1) is 0 Å². The Morgan fingerprint density at radius 2 is 1.68 bits per heavy atom. The minimum absolute atomic E-state index is 0.156. The predicted molar refractivity (Wildman–Crippen MR) is 94.6 cm³/mol. The molecule has 2 amide bonds. The zero-order valence-electron chi connectivity index (χ0n) is 15.6. The molecule has 170 valence electrons. The molecular weight excluding hydrogens is 441 g/mol. The number of alkyl halides is 7. The second kappa shape index (κ2) is 8.81.